The molecule has 1 amide bonds. The van der Waals surface area contributed by atoms with Crippen molar-refractivity contribution in [2.75, 3.05) is 5.32 Å². The minimum absolute atomic E-state index is 0.0511. The van der Waals surface area contributed by atoms with Gasteiger partial charge in [0.1, 0.15) is 11.4 Å². The second-order valence-corrected chi connectivity index (χ2v) is 5.02. The summed E-state index contributed by atoms with van der Waals surface area (Å²) in [6, 6.07) is 13.3. The maximum absolute atomic E-state index is 13.2. The first kappa shape index (κ1) is 14.3. The molecule has 0 spiro atoms. The van der Waals surface area contributed by atoms with Crippen LogP contribution in [0.2, 0.25) is 5.02 Å². The summed E-state index contributed by atoms with van der Waals surface area (Å²) in [5.41, 5.74) is 5.55. The van der Waals surface area contributed by atoms with Gasteiger partial charge in [-0.25, -0.2) is 4.39 Å². The highest BCUT2D eigenvalue weighted by molar-refractivity contribution is 6.30. The first-order chi connectivity index (χ1) is 9.43. The van der Waals surface area contributed by atoms with Crippen LogP contribution >= 0.6 is 11.6 Å². The van der Waals surface area contributed by atoms with Gasteiger partial charge in [-0.05, 0) is 36.8 Å². The van der Waals surface area contributed by atoms with E-state index in [-0.39, 0.29) is 5.02 Å². The second-order valence-electron chi connectivity index (χ2n) is 4.61. The molecule has 1 unspecified atom stereocenters. The Balaban J connectivity index is 2.43. The van der Waals surface area contributed by atoms with Crippen molar-refractivity contribution in [1.82, 2.24) is 0 Å². The molecule has 0 aliphatic heterocycles. The minimum Gasteiger partial charge on any atom is -0.368 e. The van der Waals surface area contributed by atoms with Gasteiger partial charge in [0.25, 0.3) is 0 Å². The van der Waals surface area contributed by atoms with E-state index in [0.29, 0.717) is 5.56 Å². The highest BCUT2D eigenvalue weighted by atomic mass is 35.5. The number of benzene rings is 2. The Kier molecular flexibility index (Phi) is 3.95. The third-order valence-electron chi connectivity index (χ3n) is 3.16. The van der Waals surface area contributed by atoms with Gasteiger partial charge in [0.05, 0.1) is 5.02 Å². The highest BCUT2D eigenvalue weighted by Crippen LogP contribution is 2.29. The molecule has 5 heteroatoms. The van der Waals surface area contributed by atoms with Gasteiger partial charge in [-0.15, -0.1) is 0 Å². The number of para-hydroxylation sites is 1. The molecular weight excluding hydrogens is 279 g/mol. The van der Waals surface area contributed by atoms with Crippen LogP contribution < -0.4 is 11.1 Å². The van der Waals surface area contributed by atoms with Crippen LogP contribution in [0.15, 0.2) is 48.5 Å². The fourth-order valence-corrected chi connectivity index (χ4v) is 2.07. The Morgan fingerprint density at radius 2 is 1.90 bits per heavy atom. The van der Waals surface area contributed by atoms with Crippen LogP contribution in [0, 0.1) is 5.82 Å². The standard InChI is InChI=1S/C15H14ClFN2O/c1-15(14(18)20,19-11-5-3-2-4-6-11)10-7-8-13(17)12(16)9-10/h2-9,19H,1H3,(H2,18,20). The molecule has 1 atom stereocenters. The molecule has 0 heterocycles. The van der Waals surface area contributed by atoms with Crippen LogP contribution in [-0.4, -0.2) is 5.91 Å². The van der Waals surface area contributed by atoms with Crippen molar-refractivity contribution < 1.29 is 9.18 Å². The van der Waals surface area contributed by atoms with Gasteiger partial charge in [0.15, 0.2) is 0 Å². The molecule has 0 aromatic heterocycles. The summed E-state index contributed by atoms with van der Waals surface area (Å²) in [4.78, 5) is 11.8. The number of nitrogens with one attached hydrogen (secondary N) is 1. The lowest BCUT2D eigenvalue weighted by molar-refractivity contribution is -0.122. The van der Waals surface area contributed by atoms with E-state index in [0.717, 1.165) is 5.69 Å². The molecule has 20 heavy (non-hydrogen) atoms. The van der Waals surface area contributed by atoms with Crippen molar-refractivity contribution in [3.8, 4) is 0 Å². The van der Waals surface area contributed by atoms with E-state index in [2.05, 4.69) is 5.32 Å². The van der Waals surface area contributed by atoms with Crippen molar-refractivity contribution >= 4 is 23.2 Å². The number of carbonyl (C=O) groups excluding carboxylic acids is 1. The zero-order valence-corrected chi connectivity index (χ0v) is 11.6. The fourth-order valence-electron chi connectivity index (χ4n) is 1.89. The second kappa shape index (κ2) is 5.51. The monoisotopic (exact) mass is 292 g/mol. The number of hydrogen-bond donors (Lipinski definition) is 2. The Morgan fingerprint density at radius 1 is 1.25 bits per heavy atom. The Labute approximate surface area is 121 Å². The normalized spacial score (nSPS) is 13.6. The van der Waals surface area contributed by atoms with Gasteiger partial charge in [0.2, 0.25) is 5.91 Å². The zero-order valence-electron chi connectivity index (χ0n) is 10.9. The number of carbonyl (C=O) groups is 1. The number of amides is 1. The predicted octanol–water partition coefficient (Wildman–Crippen LogP) is 3.29. The number of primary amides is 1. The topological polar surface area (TPSA) is 55.1 Å². The average molecular weight is 293 g/mol. The van der Waals surface area contributed by atoms with Gasteiger partial charge in [0, 0.05) is 5.69 Å². The number of nitrogens with two attached hydrogens (primary N) is 1. The Bertz CT molecular complexity index is 633. The third-order valence-corrected chi connectivity index (χ3v) is 3.45. The van der Waals surface area contributed by atoms with Crippen molar-refractivity contribution in [3.05, 3.63) is 64.9 Å². The fraction of sp³-hybridized carbons (Fsp3) is 0.133. The van der Waals surface area contributed by atoms with Crippen LogP contribution in [0.5, 0.6) is 0 Å². The van der Waals surface area contributed by atoms with E-state index in [1.54, 1.807) is 6.92 Å². The molecule has 0 saturated heterocycles. The Hall–Kier alpha value is -2.07. The van der Waals surface area contributed by atoms with E-state index >= 15 is 0 Å². The van der Waals surface area contributed by atoms with Gasteiger partial charge in [-0.2, -0.15) is 0 Å². The van der Waals surface area contributed by atoms with Gasteiger partial charge < -0.3 is 11.1 Å². The SMILES string of the molecule is CC(Nc1ccccc1)(C(N)=O)c1ccc(F)c(Cl)c1. The van der Waals surface area contributed by atoms with Crippen LogP contribution in [0.3, 0.4) is 0 Å². The quantitative estimate of drug-likeness (QED) is 0.908. The molecule has 0 radical (unpaired) electrons. The van der Waals surface area contributed by atoms with E-state index in [1.165, 1.54) is 18.2 Å². The highest BCUT2D eigenvalue weighted by Gasteiger charge is 2.33. The maximum atomic E-state index is 13.2. The van der Waals surface area contributed by atoms with Crippen LogP contribution in [0.25, 0.3) is 0 Å². The summed E-state index contributed by atoms with van der Waals surface area (Å²) in [6.45, 7) is 1.63. The molecule has 0 aliphatic rings. The van der Waals surface area contributed by atoms with Gasteiger partial charge >= 0.3 is 0 Å². The molecule has 2 aromatic rings. The molecule has 104 valence electrons. The van der Waals surface area contributed by atoms with Crippen molar-refractivity contribution in [3.63, 3.8) is 0 Å². The molecule has 3 nitrogen and oxygen atoms in total. The van der Waals surface area contributed by atoms with Crippen LogP contribution in [0.4, 0.5) is 10.1 Å². The molecule has 2 aromatic carbocycles. The van der Waals surface area contributed by atoms with Crippen molar-refractivity contribution in [1.29, 1.82) is 0 Å². The first-order valence-electron chi connectivity index (χ1n) is 6.02. The lowest BCUT2D eigenvalue weighted by Crippen LogP contribution is -2.45. The van der Waals surface area contributed by atoms with Crippen molar-refractivity contribution in [2.24, 2.45) is 5.73 Å². The largest absolute Gasteiger partial charge is 0.368 e. The van der Waals surface area contributed by atoms with E-state index in [4.69, 9.17) is 17.3 Å². The van der Waals surface area contributed by atoms with E-state index < -0.39 is 17.3 Å². The van der Waals surface area contributed by atoms with E-state index in [9.17, 15) is 9.18 Å². The lowest BCUT2D eigenvalue weighted by Gasteiger charge is -2.29. The lowest BCUT2D eigenvalue weighted by atomic mass is 9.90. The number of hydrogen-bond acceptors (Lipinski definition) is 2. The molecular formula is C15H14ClFN2O. The summed E-state index contributed by atoms with van der Waals surface area (Å²) in [7, 11) is 0. The van der Waals surface area contributed by atoms with Crippen molar-refractivity contribution in [2.45, 2.75) is 12.5 Å². The average Bonchev–Trinajstić information content (AvgIpc) is 2.42. The summed E-state index contributed by atoms with van der Waals surface area (Å²) >= 11 is 5.77. The molecule has 0 aliphatic carbocycles. The summed E-state index contributed by atoms with van der Waals surface area (Å²) in [5.74, 6) is -1.12. The maximum Gasteiger partial charge on any atom is 0.247 e. The number of anilines is 1. The number of halogens is 2. The summed E-state index contributed by atoms with van der Waals surface area (Å²) in [6.07, 6.45) is 0. The molecule has 0 saturated carbocycles. The van der Waals surface area contributed by atoms with Crippen LogP contribution in [-0.2, 0) is 10.3 Å². The zero-order chi connectivity index (χ0) is 14.8. The predicted molar refractivity (Wildman–Crippen MR) is 78.0 cm³/mol. The van der Waals surface area contributed by atoms with Gasteiger partial charge in [-0.1, -0.05) is 35.9 Å². The minimum atomic E-state index is -1.18. The molecule has 0 bridgehead atoms. The summed E-state index contributed by atoms with van der Waals surface area (Å²) in [5, 5.41) is 3.01. The number of rotatable bonds is 4. The third kappa shape index (κ3) is 2.75. The Morgan fingerprint density at radius 3 is 2.45 bits per heavy atom. The first-order valence-corrected chi connectivity index (χ1v) is 6.40. The summed E-state index contributed by atoms with van der Waals surface area (Å²) < 4.78 is 13.2. The smallest absolute Gasteiger partial charge is 0.247 e. The molecule has 3 N–H and O–H groups in total. The van der Waals surface area contributed by atoms with Gasteiger partial charge in [-0.3, -0.25) is 4.79 Å². The molecule has 0 fully saturated rings. The molecule has 2 rings (SSSR count). The van der Waals surface area contributed by atoms with E-state index in [1.807, 2.05) is 30.3 Å². The van der Waals surface area contributed by atoms with Crippen LogP contribution in [0.1, 0.15) is 12.5 Å².